The van der Waals surface area contributed by atoms with Crippen molar-refractivity contribution in [2.45, 2.75) is 30.3 Å². The van der Waals surface area contributed by atoms with Gasteiger partial charge in [0.2, 0.25) is 0 Å². The van der Waals surface area contributed by atoms with Gasteiger partial charge in [0.1, 0.15) is 5.78 Å². The van der Waals surface area contributed by atoms with E-state index in [0.717, 1.165) is 17.5 Å². The molecule has 1 aliphatic heterocycles. The van der Waals surface area contributed by atoms with Gasteiger partial charge in [-0.1, -0.05) is 108 Å². The van der Waals surface area contributed by atoms with Gasteiger partial charge in [0, 0.05) is 34.0 Å². The van der Waals surface area contributed by atoms with Crippen LogP contribution >= 0.6 is 23.2 Å². The van der Waals surface area contributed by atoms with E-state index in [1.165, 1.54) is 11.1 Å². The van der Waals surface area contributed by atoms with Crippen LogP contribution in [0.5, 0.6) is 0 Å². The van der Waals surface area contributed by atoms with E-state index in [9.17, 15) is 4.79 Å². The fourth-order valence-corrected chi connectivity index (χ4v) is 7.16. The van der Waals surface area contributed by atoms with E-state index in [4.69, 9.17) is 23.2 Å². The predicted molar refractivity (Wildman–Crippen MR) is 151 cm³/mol. The van der Waals surface area contributed by atoms with Crippen molar-refractivity contribution >= 4 is 29.0 Å². The first kappa shape index (κ1) is 24.4. The Labute approximate surface area is 228 Å². The van der Waals surface area contributed by atoms with Crippen molar-refractivity contribution in [1.82, 2.24) is 4.90 Å². The predicted octanol–water partition coefficient (Wildman–Crippen LogP) is 8.49. The third kappa shape index (κ3) is 4.42. The number of carbonyl (C=O) groups is 1. The quantitative estimate of drug-likeness (QED) is 0.266. The Morgan fingerprint density at radius 1 is 0.568 bits per heavy atom. The van der Waals surface area contributed by atoms with Crippen molar-refractivity contribution in [3.8, 4) is 0 Å². The van der Waals surface area contributed by atoms with Crippen molar-refractivity contribution < 1.29 is 4.79 Å². The van der Waals surface area contributed by atoms with Crippen LogP contribution in [0.25, 0.3) is 0 Å². The summed E-state index contributed by atoms with van der Waals surface area (Å²) < 4.78 is 0. The molecular formula is C33H29Cl2NO. The van der Waals surface area contributed by atoms with E-state index in [2.05, 4.69) is 84.7 Å². The monoisotopic (exact) mass is 525 g/mol. The second-order valence-corrected chi connectivity index (χ2v) is 11.3. The number of halogens is 2. The summed E-state index contributed by atoms with van der Waals surface area (Å²) in [6.45, 7) is 0. The van der Waals surface area contributed by atoms with Gasteiger partial charge in [-0.05, 0) is 71.8 Å². The van der Waals surface area contributed by atoms with Crippen molar-refractivity contribution in [1.29, 1.82) is 0 Å². The van der Waals surface area contributed by atoms with Gasteiger partial charge in [0.15, 0.2) is 0 Å². The van der Waals surface area contributed by atoms with Crippen LogP contribution in [0.2, 0.25) is 10.0 Å². The highest BCUT2D eigenvalue weighted by Crippen LogP contribution is 2.59. The van der Waals surface area contributed by atoms with Gasteiger partial charge >= 0.3 is 0 Å². The van der Waals surface area contributed by atoms with E-state index in [1.54, 1.807) is 0 Å². The fourth-order valence-electron chi connectivity index (χ4n) is 6.91. The van der Waals surface area contributed by atoms with Crippen LogP contribution in [-0.2, 0) is 4.79 Å². The first-order valence-corrected chi connectivity index (χ1v) is 13.6. The number of nitrogens with zero attached hydrogens (tertiary/aromatic N) is 1. The molecule has 0 aromatic heterocycles. The number of Topliss-reactive ketones (excluding diaryl/α,β-unsaturated/α-hetero) is 1. The molecule has 2 aliphatic rings. The molecule has 2 nitrogen and oxygen atoms in total. The molecule has 1 aliphatic carbocycles. The smallest absolute Gasteiger partial charge is 0.144 e. The zero-order chi connectivity index (χ0) is 25.5. The van der Waals surface area contributed by atoms with Crippen LogP contribution < -0.4 is 0 Å². The number of likely N-dealkylation sites (tertiary alicyclic amines) is 1. The Balaban J connectivity index is 1.55. The lowest BCUT2D eigenvalue weighted by Gasteiger charge is -2.56. The lowest BCUT2D eigenvalue weighted by Crippen LogP contribution is -2.55. The zero-order valence-electron chi connectivity index (χ0n) is 20.7. The molecule has 1 heterocycles. The number of carbonyl (C=O) groups excluding carboxylic acids is 1. The Morgan fingerprint density at radius 2 is 0.946 bits per heavy atom. The summed E-state index contributed by atoms with van der Waals surface area (Å²) in [4.78, 5) is 17.2. The molecule has 2 fully saturated rings. The van der Waals surface area contributed by atoms with Gasteiger partial charge in [-0.3, -0.25) is 9.69 Å². The van der Waals surface area contributed by atoms with Crippen LogP contribution in [-0.4, -0.2) is 17.7 Å². The molecule has 6 rings (SSSR count). The van der Waals surface area contributed by atoms with Crippen molar-refractivity contribution in [3.05, 3.63) is 141 Å². The van der Waals surface area contributed by atoms with Crippen LogP contribution in [0, 0.1) is 11.8 Å². The largest absolute Gasteiger partial charge is 0.299 e. The van der Waals surface area contributed by atoms with E-state index in [1.807, 2.05) is 36.4 Å². The first-order valence-electron chi connectivity index (χ1n) is 12.9. The molecule has 0 unspecified atom stereocenters. The van der Waals surface area contributed by atoms with Gasteiger partial charge in [0.05, 0.1) is 0 Å². The summed E-state index contributed by atoms with van der Waals surface area (Å²) in [5, 5.41) is 1.40. The molecule has 4 aromatic carbocycles. The van der Waals surface area contributed by atoms with E-state index in [-0.39, 0.29) is 35.8 Å². The maximum atomic E-state index is 14.7. The summed E-state index contributed by atoms with van der Waals surface area (Å²) >= 11 is 12.6. The summed E-state index contributed by atoms with van der Waals surface area (Å²) in [6.07, 6.45) is 0.928. The Morgan fingerprint density at radius 3 is 1.32 bits per heavy atom. The number of fused-ring (bicyclic) bond motifs is 2. The van der Waals surface area contributed by atoms with Crippen LogP contribution in [0.4, 0.5) is 0 Å². The molecule has 4 aromatic rings. The second-order valence-electron chi connectivity index (χ2n) is 10.4. The van der Waals surface area contributed by atoms with E-state index in [0.29, 0.717) is 15.8 Å². The number of hydrogen-bond acceptors (Lipinski definition) is 2. The Hall–Kier alpha value is -2.91. The maximum absolute atomic E-state index is 14.7. The van der Waals surface area contributed by atoms with Crippen LogP contribution in [0.1, 0.15) is 52.6 Å². The minimum Gasteiger partial charge on any atom is -0.299 e. The Bertz CT molecular complexity index is 1270. The molecule has 0 N–H and O–H groups in total. The fraction of sp³-hybridized carbons (Fsp3) is 0.242. The molecule has 37 heavy (non-hydrogen) atoms. The average molecular weight is 527 g/mol. The third-order valence-electron chi connectivity index (χ3n) is 8.47. The molecule has 0 spiro atoms. The number of hydrogen-bond donors (Lipinski definition) is 0. The van der Waals surface area contributed by atoms with Crippen LogP contribution in [0.15, 0.2) is 109 Å². The summed E-state index contributed by atoms with van der Waals surface area (Å²) in [7, 11) is 2.18. The summed E-state index contributed by atoms with van der Waals surface area (Å²) in [5.41, 5.74) is 4.72. The average Bonchev–Trinajstić information content (AvgIpc) is 2.93. The summed E-state index contributed by atoms with van der Waals surface area (Å²) in [5.74, 6) is 0.282. The molecule has 6 atom stereocenters. The molecule has 1 saturated carbocycles. The topological polar surface area (TPSA) is 20.3 Å². The third-order valence-corrected chi connectivity index (χ3v) is 8.97. The zero-order valence-corrected chi connectivity index (χ0v) is 22.2. The molecule has 0 amide bonds. The number of rotatable bonds is 4. The van der Waals surface area contributed by atoms with Crippen molar-refractivity contribution in [2.75, 3.05) is 7.05 Å². The highest BCUT2D eigenvalue weighted by molar-refractivity contribution is 6.30. The first-order chi connectivity index (χ1) is 18.0. The standard InChI is InChI=1S/C33H29Cl2NO/c1-36-31(23-12-16-25(34)17-13-23)29-27(21-8-4-2-5-9-21)20-28(22-10-6-3-7-11-22)30(33(29)37)32(36)24-14-18-26(35)19-15-24/h2-19,27-32H,20H2,1H3/t27-,28+,29-,30+,31-,32+. The van der Waals surface area contributed by atoms with Gasteiger partial charge < -0.3 is 0 Å². The number of ketones is 1. The van der Waals surface area contributed by atoms with Gasteiger partial charge in [-0.25, -0.2) is 0 Å². The van der Waals surface area contributed by atoms with Crippen molar-refractivity contribution in [2.24, 2.45) is 11.8 Å². The van der Waals surface area contributed by atoms with Crippen LogP contribution in [0.3, 0.4) is 0 Å². The van der Waals surface area contributed by atoms with Crippen molar-refractivity contribution in [3.63, 3.8) is 0 Å². The molecule has 0 radical (unpaired) electrons. The molecule has 4 heteroatoms. The Kier molecular flexibility index (Phi) is 6.67. The SMILES string of the molecule is CN1[C@H](c2ccc(Cl)cc2)[C@@H]2C(=O)[C@@H]([C@H](c3ccccc3)C[C@@H]2c2ccccc2)[C@@H]1c1ccc(Cl)cc1. The van der Waals surface area contributed by atoms with Gasteiger partial charge in [-0.2, -0.15) is 0 Å². The maximum Gasteiger partial charge on any atom is 0.144 e. The minimum atomic E-state index is -0.151. The normalized spacial score (nSPS) is 27.7. The second kappa shape index (κ2) is 10.1. The highest BCUT2D eigenvalue weighted by Gasteiger charge is 2.57. The summed E-state index contributed by atoms with van der Waals surface area (Å²) in [6, 6.07) is 37.1. The lowest BCUT2D eigenvalue weighted by molar-refractivity contribution is -0.146. The highest BCUT2D eigenvalue weighted by atomic mass is 35.5. The number of benzene rings is 4. The van der Waals surface area contributed by atoms with E-state index >= 15 is 0 Å². The minimum absolute atomic E-state index is 0.0661. The lowest BCUT2D eigenvalue weighted by atomic mass is 9.55. The van der Waals surface area contributed by atoms with Gasteiger partial charge in [-0.15, -0.1) is 0 Å². The molecule has 186 valence electrons. The number of piperidine rings is 1. The molecule has 1 saturated heterocycles. The van der Waals surface area contributed by atoms with Gasteiger partial charge in [0.25, 0.3) is 0 Å². The van der Waals surface area contributed by atoms with E-state index < -0.39 is 0 Å². The molecular weight excluding hydrogens is 497 g/mol. The molecule has 2 bridgehead atoms.